The second-order valence-electron chi connectivity index (χ2n) is 4.54. The summed E-state index contributed by atoms with van der Waals surface area (Å²) in [5.41, 5.74) is -0.526. The fourth-order valence-electron chi connectivity index (χ4n) is 2.52. The Morgan fingerprint density at radius 3 is 2.31 bits per heavy atom. The van der Waals surface area contributed by atoms with Crippen LogP contribution in [-0.4, -0.2) is 25.2 Å². The summed E-state index contributed by atoms with van der Waals surface area (Å²) in [6.07, 6.45) is 2.69. The molecule has 0 aliphatic heterocycles. The smallest absolute Gasteiger partial charge is 0.313 e. The minimum absolute atomic E-state index is 0.199. The lowest BCUT2D eigenvalue weighted by molar-refractivity contribution is -0.156. The van der Waals surface area contributed by atoms with Crippen LogP contribution in [-0.2, 0) is 19.1 Å². The highest BCUT2D eigenvalue weighted by Crippen LogP contribution is 2.66. The number of carbonyl (C=O) groups excluding carboxylic acids is 2. The Kier molecular flexibility index (Phi) is 2.91. The van der Waals surface area contributed by atoms with Crippen molar-refractivity contribution in [3.63, 3.8) is 0 Å². The van der Waals surface area contributed by atoms with Crippen LogP contribution >= 0.6 is 0 Å². The van der Waals surface area contributed by atoms with E-state index >= 15 is 0 Å². The highest BCUT2D eigenvalue weighted by Gasteiger charge is 2.71. The fourth-order valence-corrected chi connectivity index (χ4v) is 2.52. The van der Waals surface area contributed by atoms with Crippen molar-refractivity contribution in [2.45, 2.75) is 33.1 Å². The molecule has 2 rings (SSSR count). The second kappa shape index (κ2) is 4.07. The molecule has 2 atom stereocenters. The molecule has 0 amide bonds. The van der Waals surface area contributed by atoms with Gasteiger partial charge in [0.15, 0.2) is 0 Å². The van der Waals surface area contributed by atoms with Gasteiger partial charge in [0.05, 0.1) is 24.5 Å². The van der Waals surface area contributed by atoms with Gasteiger partial charge in [-0.05, 0) is 39.0 Å². The zero-order valence-corrected chi connectivity index (χ0v) is 9.82. The molecule has 0 aromatic heterocycles. The van der Waals surface area contributed by atoms with Gasteiger partial charge in [0.1, 0.15) is 0 Å². The van der Waals surface area contributed by atoms with Crippen LogP contribution in [0, 0.1) is 17.3 Å². The Morgan fingerprint density at radius 1 is 1.19 bits per heavy atom. The lowest BCUT2D eigenvalue weighted by atomic mass is 9.97. The second-order valence-corrected chi connectivity index (χ2v) is 4.54. The van der Waals surface area contributed by atoms with E-state index in [0.717, 1.165) is 12.8 Å². The molecule has 0 N–H and O–H groups in total. The minimum Gasteiger partial charge on any atom is -0.466 e. The van der Waals surface area contributed by atoms with Gasteiger partial charge in [-0.2, -0.15) is 0 Å². The molecule has 2 fully saturated rings. The number of esters is 2. The van der Waals surface area contributed by atoms with Crippen LogP contribution in [0.5, 0.6) is 0 Å². The number of hydrogen-bond donors (Lipinski definition) is 0. The van der Waals surface area contributed by atoms with Gasteiger partial charge in [-0.25, -0.2) is 0 Å². The molecule has 2 aliphatic rings. The summed E-state index contributed by atoms with van der Waals surface area (Å²) in [6.45, 7) is 4.32. The van der Waals surface area contributed by atoms with Gasteiger partial charge in [-0.15, -0.1) is 0 Å². The third kappa shape index (κ3) is 1.70. The summed E-state index contributed by atoms with van der Waals surface area (Å²) in [5, 5.41) is 0. The quantitative estimate of drug-likeness (QED) is 0.667. The first-order chi connectivity index (χ1) is 7.66. The highest BCUT2D eigenvalue weighted by molar-refractivity contribution is 5.91. The average Bonchev–Trinajstić information content (AvgIpc) is 3.11. The molecule has 2 aliphatic carbocycles. The van der Waals surface area contributed by atoms with Gasteiger partial charge < -0.3 is 9.47 Å². The summed E-state index contributed by atoms with van der Waals surface area (Å²) in [4.78, 5) is 23.5. The van der Waals surface area contributed by atoms with E-state index in [0.29, 0.717) is 25.6 Å². The van der Waals surface area contributed by atoms with Crippen LogP contribution in [0.3, 0.4) is 0 Å². The van der Waals surface area contributed by atoms with Crippen molar-refractivity contribution in [3.05, 3.63) is 0 Å². The van der Waals surface area contributed by atoms with Crippen molar-refractivity contribution in [3.8, 4) is 0 Å². The van der Waals surface area contributed by atoms with E-state index in [1.807, 2.05) is 0 Å². The summed E-state index contributed by atoms with van der Waals surface area (Å²) in [5.74, 6) is -0.335. The molecule has 16 heavy (non-hydrogen) atoms. The van der Waals surface area contributed by atoms with Crippen LogP contribution in [0.1, 0.15) is 33.1 Å². The summed E-state index contributed by atoms with van der Waals surface area (Å²) in [7, 11) is 0. The first-order valence-electron chi connectivity index (χ1n) is 6.00. The molecule has 2 saturated carbocycles. The highest BCUT2D eigenvalue weighted by atomic mass is 16.5. The lowest BCUT2D eigenvalue weighted by Crippen LogP contribution is -2.26. The maximum atomic E-state index is 11.9. The largest absolute Gasteiger partial charge is 0.466 e. The van der Waals surface area contributed by atoms with Crippen molar-refractivity contribution in [2.75, 3.05) is 13.2 Å². The fraction of sp³-hybridized carbons (Fsp3) is 0.833. The van der Waals surface area contributed by atoms with E-state index in [4.69, 9.17) is 9.47 Å². The van der Waals surface area contributed by atoms with Crippen LogP contribution in [0.2, 0.25) is 0 Å². The minimum atomic E-state index is -0.526. The van der Waals surface area contributed by atoms with E-state index in [-0.39, 0.29) is 17.9 Å². The zero-order chi connectivity index (χ0) is 11.8. The van der Waals surface area contributed by atoms with Crippen molar-refractivity contribution in [1.82, 2.24) is 0 Å². The van der Waals surface area contributed by atoms with E-state index in [1.54, 1.807) is 13.8 Å². The first-order valence-corrected chi connectivity index (χ1v) is 6.00. The monoisotopic (exact) mass is 226 g/mol. The number of ether oxygens (including phenoxy) is 2. The molecule has 0 heterocycles. The molecular weight excluding hydrogens is 208 g/mol. The van der Waals surface area contributed by atoms with Crippen molar-refractivity contribution in [2.24, 2.45) is 17.3 Å². The van der Waals surface area contributed by atoms with Crippen molar-refractivity contribution >= 4 is 11.9 Å². The van der Waals surface area contributed by atoms with E-state index < -0.39 is 5.41 Å². The molecule has 0 spiro atoms. The normalized spacial score (nSPS) is 32.0. The van der Waals surface area contributed by atoms with Gasteiger partial charge in [0.2, 0.25) is 0 Å². The van der Waals surface area contributed by atoms with Crippen LogP contribution in [0.15, 0.2) is 0 Å². The molecule has 90 valence electrons. The number of hydrogen-bond acceptors (Lipinski definition) is 4. The van der Waals surface area contributed by atoms with Gasteiger partial charge in [0.25, 0.3) is 0 Å². The molecule has 0 radical (unpaired) electrons. The van der Waals surface area contributed by atoms with E-state index in [2.05, 4.69) is 0 Å². The van der Waals surface area contributed by atoms with Crippen LogP contribution in [0.25, 0.3) is 0 Å². The Labute approximate surface area is 95.3 Å². The standard InChI is InChI=1S/C12H18O4/c1-3-15-10(13)9-7-12(9,8-5-6-8)11(14)16-4-2/h8-9H,3-7H2,1-2H3. The Bertz CT molecular complexity index is 308. The first kappa shape index (κ1) is 11.4. The summed E-state index contributed by atoms with van der Waals surface area (Å²) in [6, 6.07) is 0. The third-order valence-corrected chi connectivity index (χ3v) is 3.54. The summed E-state index contributed by atoms with van der Waals surface area (Å²) < 4.78 is 10.1. The van der Waals surface area contributed by atoms with Gasteiger partial charge in [-0.1, -0.05) is 0 Å². The van der Waals surface area contributed by atoms with Gasteiger partial charge in [0, 0.05) is 0 Å². The Morgan fingerprint density at radius 2 is 1.81 bits per heavy atom. The molecule has 4 heteroatoms. The molecule has 0 aromatic carbocycles. The predicted octanol–water partition coefficient (Wildman–Crippen LogP) is 1.53. The van der Waals surface area contributed by atoms with Crippen LogP contribution < -0.4 is 0 Å². The molecular formula is C12H18O4. The number of rotatable bonds is 5. The lowest BCUT2D eigenvalue weighted by Gasteiger charge is -2.14. The van der Waals surface area contributed by atoms with Gasteiger partial charge in [-0.3, -0.25) is 9.59 Å². The van der Waals surface area contributed by atoms with Crippen LogP contribution in [0.4, 0.5) is 0 Å². The van der Waals surface area contributed by atoms with E-state index in [1.165, 1.54) is 0 Å². The molecule has 2 unspecified atom stereocenters. The predicted molar refractivity (Wildman–Crippen MR) is 56.5 cm³/mol. The molecule has 0 saturated heterocycles. The molecule has 0 aromatic rings. The maximum Gasteiger partial charge on any atom is 0.313 e. The SMILES string of the molecule is CCOC(=O)C1CC1(C(=O)OCC)C1CC1. The maximum absolute atomic E-state index is 11.9. The third-order valence-electron chi connectivity index (χ3n) is 3.54. The average molecular weight is 226 g/mol. The zero-order valence-electron chi connectivity index (χ0n) is 9.82. The van der Waals surface area contributed by atoms with Gasteiger partial charge >= 0.3 is 11.9 Å². The molecule has 0 bridgehead atoms. The Balaban J connectivity index is 2.03. The topological polar surface area (TPSA) is 52.6 Å². The Hall–Kier alpha value is -1.06. The summed E-state index contributed by atoms with van der Waals surface area (Å²) >= 11 is 0. The van der Waals surface area contributed by atoms with Crippen molar-refractivity contribution in [1.29, 1.82) is 0 Å². The van der Waals surface area contributed by atoms with E-state index in [9.17, 15) is 9.59 Å². The molecule has 4 nitrogen and oxygen atoms in total. The van der Waals surface area contributed by atoms with Crippen molar-refractivity contribution < 1.29 is 19.1 Å². The number of carbonyl (C=O) groups is 2.